The summed E-state index contributed by atoms with van der Waals surface area (Å²) in [6, 6.07) is 19.0. The molecule has 42 heavy (non-hydrogen) atoms. The van der Waals surface area contributed by atoms with Gasteiger partial charge >= 0.3 is 0 Å². The van der Waals surface area contributed by atoms with E-state index in [1.807, 2.05) is 83.2 Å². The van der Waals surface area contributed by atoms with E-state index >= 15 is 0 Å². The molecule has 1 aliphatic rings. The van der Waals surface area contributed by atoms with Crippen molar-refractivity contribution in [3.63, 3.8) is 0 Å². The number of amides is 2. The Hall–Kier alpha value is -5.69. The van der Waals surface area contributed by atoms with Crippen molar-refractivity contribution in [2.45, 2.75) is 19.4 Å². The molecule has 2 amide bonds. The Morgan fingerprint density at radius 1 is 1.10 bits per heavy atom. The van der Waals surface area contributed by atoms with Crippen molar-refractivity contribution >= 4 is 23.5 Å². The SMILES string of the molecule is Cn1c(-c2nc(N)ncc2C#Cc2cccc(CC(=O)Nc3cccc(Cn4cccn4)c3)c2)cc2c1CCNC2=O. The van der Waals surface area contributed by atoms with Crippen LogP contribution in [0.3, 0.4) is 0 Å². The summed E-state index contributed by atoms with van der Waals surface area (Å²) in [5, 5.41) is 10.1. The number of hydrogen-bond acceptors (Lipinski definition) is 6. The first-order valence-electron chi connectivity index (χ1n) is 13.5. The number of benzene rings is 2. The van der Waals surface area contributed by atoms with E-state index in [2.05, 4.69) is 37.5 Å². The van der Waals surface area contributed by atoms with Gasteiger partial charge in [-0.3, -0.25) is 14.3 Å². The number of nitrogens with one attached hydrogen (secondary N) is 2. The molecule has 0 fully saturated rings. The highest BCUT2D eigenvalue weighted by molar-refractivity contribution is 5.98. The number of nitrogens with two attached hydrogens (primary N) is 1. The van der Waals surface area contributed by atoms with Crippen molar-refractivity contribution < 1.29 is 9.59 Å². The number of hydrogen-bond donors (Lipinski definition) is 3. The highest BCUT2D eigenvalue weighted by Gasteiger charge is 2.24. The first-order chi connectivity index (χ1) is 20.4. The third kappa shape index (κ3) is 5.76. The monoisotopic (exact) mass is 556 g/mol. The lowest BCUT2D eigenvalue weighted by Crippen LogP contribution is -2.31. The Kier molecular flexibility index (Phi) is 7.22. The van der Waals surface area contributed by atoms with Crippen molar-refractivity contribution in [3.8, 4) is 23.2 Å². The van der Waals surface area contributed by atoms with Crippen molar-refractivity contribution in [3.05, 3.63) is 113 Å². The van der Waals surface area contributed by atoms with Gasteiger partial charge in [0.2, 0.25) is 11.9 Å². The fourth-order valence-corrected chi connectivity index (χ4v) is 5.06. The Labute approximate surface area is 242 Å². The molecule has 0 bridgehead atoms. The van der Waals surface area contributed by atoms with Gasteiger partial charge in [-0.15, -0.1) is 0 Å². The molecule has 0 spiro atoms. The maximum absolute atomic E-state index is 12.8. The number of aromatic nitrogens is 5. The molecule has 0 unspecified atom stereocenters. The number of nitrogens with zero attached hydrogens (tertiary/aromatic N) is 5. The zero-order valence-corrected chi connectivity index (χ0v) is 23.0. The molecule has 2 aromatic carbocycles. The standard InChI is InChI=1S/C32H28N8O2/c1-39-27-11-13-34-31(42)26(27)18-28(39)30-24(19-35-32(33)38-30)10-9-21-5-2-6-22(15-21)17-29(41)37-25-8-3-7-23(16-25)20-40-14-4-12-36-40/h2-8,12,14-16,18-19H,11,13,17,20H2,1H3,(H,34,42)(H,37,41)(H2,33,35,38). The molecule has 3 aromatic heterocycles. The van der Waals surface area contributed by atoms with Gasteiger partial charge in [0.15, 0.2) is 0 Å². The van der Waals surface area contributed by atoms with Crippen LogP contribution < -0.4 is 16.4 Å². The second kappa shape index (κ2) is 11.4. The maximum Gasteiger partial charge on any atom is 0.253 e. The number of fused-ring (bicyclic) bond motifs is 1. The van der Waals surface area contributed by atoms with E-state index in [-0.39, 0.29) is 24.2 Å². The summed E-state index contributed by atoms with van der Waals surface area (Å²) in [6.45, 7) is 1.22. The van der Waals surface area contributed by atoms with E-state index in [1.165, 1.54) is 0 Å². The van der Waals surface area contributed by atoms with Crippen molar-refractivity contribution in [1.82, 2.24) is 29.6 Å². The fourth-order valence-electron chi connectivity index (χ4n) is 5.06. The number of anilines is 2. The minimum atomic E-state index is -0.123. The van der Waals surface area contributed by atoms with Gasteiger partial charge in [0.1, 0.15) is 5.69 Å². The molecule has 0 saturated heterocycles. The van der Waals surface area contributed by atoms with E-state index < -0.39 is 0 Å². The lowest BCUT2D eigenvalue weighted by molar-refractivity contribution is -0.115. The Balaban J connectivity index is 1.19. The Bertz CT molecular complexity index is 1860. The van der Waals surface area contributed by atoms with Gasteiger partial charge < -0.3 is 20.9 Å². The van der Waals surface area contributed by atoms with Gasteiger partial charge in [0, 0.05) is 55.5 Å². The molecule has 4 N–H and O–H groups in total. The number of rotatable bonds is 6. The molecule has 4 heterocycles. The zero-order chi connectivity index (χ0) is 29.1. The van der Waals surface area contributed by atoms with Crippen LogP contribution in [0.1, 0.15) is 38.3 Å². The van der Waals surface area contributed by atoms with Crippen LogP contribution in [0.5, 0.6) is 0 Å². The zero-order valence-electron chi connectivity index (χ0n) is 23.0. The maximum atomic E-state index is 12.8. The lowest BCUT2D eigenvalue weighted by atomic mass is 10.1. The highest BCUT2D eigenvalue weighted by Crippen LogP contribution is 2.28. The summed E-state index contributed by atoms with van der Waals surface area (Å²) >= 11 is 0. The first kappa shape index (κ1) is 26.5. The van der Waals surface area contributed by atoms with Crippen LogP contribution >= 0.6 is 0 Å². The molecule has 0 atom stereocenters. The lowest BCUT2D eigenvalue weighted by Gasteiger charge is -2.14. The quantitative estimate of drug-likeness (QED) is 0.275. The van der Waals surface area contributed by atoms with E-state index in [1.54, 1.807) is 12.4 Å². The summed E-state index contributed by atoms with van der Waals surface area (Å²) in [6.07, 6.45) is 6.16. The third-order valence-corrected chi connectivity index (χ3v) is 7.05. The van der Waals surface area contributed by atoms with Crippen LogP contribution in [0.25, 0.3) is 11.4 Å². The second-order valence-corrected chi connectivity index (χ2v) is 10.0. The molecule has 0 radical (unpaired) electrons. The summed E-state index contributed by atoms with van der Waals surface area (Å²) in [7, 11) is 1.91. The topological polar surface area (TPSA) is 133 Å². The van der Waals surface area contributed by atoms with E-state index in [0.29, 0.717) is 29.9 Å². The molecule has 10 nitrogen and oxygen atoms in total. The van der Waals surface area contributed by atoms with Crippen molar-refractivity contribution in [2.75, 3.05) is 17.6 Å². The van der Waals surface area contributed by atoms with Crippen LogP contribution in [-0.4, -0.2) is 42.7 Å². The fraction of sp³-hybridized carbons (Fsp3) is 0.156. The van der Waals surface area contributed by atoms with Crippen molar-refractivity contribution in [2.24, 2.45) is 7.05 Å². The molecule has 6 rings (SSSR count). The second-order valence-electron chi connectivity index (χ2n) is 10.0. The van der Waals surface area contributed by atoms with Gasteiger partial charge in [-0.25, -0.2) is 9.97 Å². The number of carbonyl (C=O) groups is 2. The average Bonchev–Trinajstić information content (AvgIpc) is 3.61. The average molecular weight is 557 g/mol. The smallest absolute Gasteiger partial charge is 0.253 e. The van der Waals surface area contributed by atoms with Gasteiger partial charge in [-0.05, 0) is 47.5 Å². The van der Waals surface area contributed by atoms with E-state index in [0.717, 1.165) is 40.2 Å². The number of nitrogen functional groups attached to an aromatic ring is 1. The summed E-state index contributed by atoms with van der Waals surface area (Å²) < 4.78 is 3.80. The molecule has 0 saturated carbocycles. The Morgan fingerprint density at radius 2 is 1.95 bits per heavy atom. The minimum Gasteiger partial charge on any atom is -0.368 e. The van der Waals surface area contributed by atoms with Gasteiger partial charge in [0.05, 0.1) is 29.8 Å². The molecular weight excluding hydrogens is 528 g/mol. The van der Waals surface area contributed by atoms with Crippen LogP contribution in [0.4, 0.5) is 11.6 Å². The molecule has 208 valence electrons. The summed E-state index contributed by atoms with van der Waals surface area (Å²) in [5.74, 6) is 6.24. The molecular formula is C32H28N8O2. The predicted octanol–water partition coefficient (Wildman–Crippen LogP) is 3.18. The highest BCUT2D eigenvalue weighted by atomic mass is 16.2. The van der Waals surface area contributed by atoms with E-state index in [9.17, 15) is 9.59 Å². The molecule has 5 aromatic rings. The van der Waals surface area contributed by atoms with Crippen molar-refractivity contribution in [1.29, 1.82) is 0 Å². The van der Waals surface area contributed by atoms with Crippen LogP contribution in [0, 0.1) is 11.8 Å². The van der Waals surface area contributed by atoms with Crippen LogP contribution in [-0.2, 0) is 31.2 Å². The first-order valence-corrected chi connectivity index (χ1v) is 13.5. The normalized spacial score (nSPS) is 12.2. The van der Waals surface area contributed by atoms with Gasteiger partial charge in [0.25, 0.3) is 5.91 Å². The van der Waals surface area contributed by atoms with Crippen LogP contribution in [0.15, 0.2) is 79.3 Å². The largest absolute Gasteiger partial charge is 0.368 e. The molecule has 0 aliphatic carbocycles. The molecule has 10 heteroatoms. The summed E-state index contributed by atoms with van der Waals surface area (Å²) in [5.41, 5.74) is 12.7. The van der Waals surface area contributed by atoms with E-state index in [4.69, 9.17) is 5.73 Å². The van der Waals surface area contributed by atoms with Gasteiger partial charge in [-0.2, -0.15) is 5.10 Å². The summed E-state index contributed by atoms with van der Waals surface area (Å²) in [4.78, 5) is 33.8. The third-order valence-electron chi connectivity index (χ3n) is 7.05. The van der Waals surface area contributed by atoms with Crippen LogP contribution in [0.2, 0.25) is 0 Å². The van der Waals surface area contributed by atoms with Gasteiger partial charge in [-0.1, -0.05) is 36.1 Å². The minimum absolute atomic E-state index is 0.101. The molecule has 1 aliphatic heterocycles. The predicted molar refractivity (Wildman–Crippen MR) is 159 cm³/mol. The Morgan fingerprint density at radius 3 is 2.79 bits per heavy atom. The number of carbonyl (C=O) groups excluding carboxylic acids is 2.